The lowest BCUT2D eigenvalue weighted by Crippen LogP contribution is -2.17. The Morgan fingerprint density at radius 1 is 0.800 bits per heavy atom. The largest absolute Gasteiger partial charge is 0.485 e. The maximum absolute atomic E-state index is 11.4. The molecule has 6 aromatic rings. The molecular weight excluding hydrogens is 621 g/mol. The van der Waals surface area contributed by atoms with Gasteiger partial charge < -0.3 is 24.3 Å². The number of aliphatic carboxylic acids is 1. The van der Waals surface area contributed by atoms with Crippen molar-refractivity contribution < 1.29 is 19.4 Å². The number of fused-ring (bicyclic) bond motifs is 2. The van der Waals surface area contributed by atoms with Gasteiger partial charge in [0.2, 0.25) is 0 Å². The van der Waals surface area contributed by atoms with Gasteiger partial charge in [-0.1, -0.05) is 47.5 Å². The first-order valence-corrected chi connectivity index (χ1v) is 16.9. The molecule has 1 unspecified atom stereocenters. The summed E-state index contributed by atoms with van der Waals surface area (Å²) in [5.41, 5.74) is 6.75. The van der Waals surface area contributed by atoms with Gasteiger partial charge in [0.05, 0.1) is 21.1 Å². The molecule has 6 nitrogen and oxygen atoms in total. The van der Waals surface area contributed by atoms with E-state index < -0.39 is 12.0 Å². The predicted molar refractivity (Wildman–Crippen MR) is 185 cm³/mol. The average Bonchev–Trinajstić information content (AvgIpc) is 3.74. The van der Waals surface area contributed by atoms with Crippen LogP contribution in [0.25, 0.3) is 34.4 Å². The number of hydrogen-bond donors (Lipinski definition) is 1. The second kappa shape index (κ2) is 12.1. The standard InChI is InChI=1S/C36H28N2O4S3/c1-21-4-10-24(11-5-21)38(25-12-6-22(2)7-13-25)26-14-8-23(9-15-26)34-32-33(42-17-16-41-32)35(45-34)31-20-30-29(44-31)19-27(43-30)18-28(37-3)36(39)40/h4-15,19-20,28H,16-18H2,1-2H3,(H,39,40). The molecule has 0 aliphatic carbocycles. The van der Waals surface area contributed by atoms with Crippen LogP contribution < -0.4 is 14.4 Å². The fraction of sp³-hybridized carbons (Fsp3) is 0.167. The topological polar surface area (TPSA) is 63.4 Å². The highest BCUT2D eigenvalue weighted by Gasteiger charge is 2.28. The molecule has 3 aromatic heterocycles. The molecule has 0 saturated heterocycles. The molecule has 0 amide bonds. The molecule has 0 fully saturated rings. The zero-order chi connectivity index (χ0) is 31.1. The van der Waals surface area contributed by atoms with E-state index in [9.17, 15) is 9.90 Å². The number of thiophene rings is 3. The van der Waals surface area contributed by atoms with Crippen LogP contribution in [0.5, 0.6) is 11.5 Å². The van der Waals surface area contributed by atoms with Gasteiger partial charge in [-0.2, -0.15) is 0 Å². The lowest BCUT2D eigenvalue weighted by Gasteiger charge is -2.26. The molecule has 9 heteroatoms. The number of aryl methyl sites for hydroxylation is 2. The smallest absolute Gasteiger partial charge is 0.388 e. The summed E-state index contributed by atoms with van der Waals surface area (Å²) in [5, 5.41) is 9.29. The van der Waals surface area contributed by atoms with Gasteiger partial charge in [-0.25, -0.2) is 11.4 Å². The van der Waals surface area contributed by atoms with E-state index in [-0.39, 0.29) is 6.42 Å². The van der Waals surface area contributed by atoms with Crippen LogP contribution in [0.3, 0.4) is 0 Å². The molecule has 224 valence electrons. The molecule has 0 radical (unpaired) electrons. The van der Waals surface area contributed by atoms with Crippen molar-refractivity contribution in [2.45, 2.75) is 26.3 Å². The third-order valence-electron chi connectivity index (χ3n) is 7.69. The van der Waals surface area contributed by atoms with Gasteiger partial charge in [0, 0.05) is 31.3 Å². The van der Waals surface area contributed by atoms with Crippen LogP contribution in [0, 0.1) is 20.4 Å². The Balaban J connectivity index is 1.23. The van der Waals surface area contributed by atoms with E-state index in [0.29, 0.717) is 13.2 Å². The highest BCUT2D eigenvalue weighted by Crippen LogP contribution is 2.56. The Morgan fingerprint density at radius 2 is 1.33 bits per heavy atom. The predicted octanol–water partition coefficient (Wildman–Crippen LogP) is 10.1. The van der Waals surface area contributed by atoms with Crippen LogP contribution in [0.2, 0.25) is 0 Å². The minimum atomic E-state index is -1.08. The molecular formula is C36H28N2O4S3. The van der Waals surface area contributed by atoms with Crippen LogP contribution in [0.1, 0.15) is 16.0 Å². The lowest BCUT2D eigenvalue weighted by atomic mass is 10.1. The van der Waals surface area contributed by atoms with E-state index in [2.05, 4.69) is 102 Å². The monoisotopic (exact) mass is 648 g/mol. The number of carboxylic acid groups (broad SMARTS) is 1. The molecule has 1 atom stereocenters. The van der Waals surface area contributed by atoms with E-state index in [4.69, 9.17) is 16.0 Å². The van der Waals surface area contributed by atoms with Crippen molar-refractivity contribution in [3.05, 3.63) is 112 Å². The van der Waals surface area contributed by atoms with Crippen molar-refractivity contribution in [3.8, 4) is 31.7 Å². The molecule has 1 aliphatic heterocycles. The zero-order valence-corrected chi connectivity index (χ0v) is 27.0. The molecule has 1 N–H and O–H groups in total. The van der Waals surface area contributed by atoms with Crippen LogP contribution in [-0.2, 0) is 11.2 Å². The molecule has 45 heavy (non-hydrogen) atoms. The highest BCUT2D eigenvalue weighted by molar-refractivity contribution is 7.31. The molecule has 0 bridgehead atoms. The lowest BCUT2D eigenvalue weighted by molar-refractivity contribution is -0.137. The second-order valence-electron chi connectivity index (χ2n) is 10.9. The summed E-state index contributed by atoms with van der Waals surface area (Å²) in [4.78, 5) is 20.9. The van der Waals surface area contributed by atoms with Gasteiger partial charge in [-0.15, -0.1) is 34.0 Å². The molecule has 0 spiro atoms. The van der Waals surface area contributed by atoms with Crippen LogP contribution in [0.15, 0.2) is 84.9 Å². The van der Waals surface area contributed by atoms with E-state index in [1.807, 2.05) is 6.07 Å². The fourth-order valence-electron chi connectivity index (χ4n) is 5.38. The molecule has 4 heterocycles. The molecule has 7 rings (SSSR count). The van der Waals surface area contributed by atoms with Crippen molar-refractivity contribution in [1.29, 1.82) is 0 Å². The van der Waals surface area contributed by atoms with Crippen molar-refractivity contribution in [2.24, 2.45) is 0 Å². The second-order valence-corrected chi connectivity index (χ2v) is 14.2. The number of anilines is 3. The van der Waals surface area contributed by atoms with Gasteiger partial charge in [-0.3, -0.25) is 0 Å². The number of ether oxygens (including phenoxy) is 2. The van der Waals surface area contributed by atoms with E-state index in [1.54, 1.807) is 34.0 Å². The summed E-state index contributed by atoms with van der Waals surface area (Å²) in [6, 6.07) is 28.9. The fourth-order valence-corrected chi connectivity index (χ4v) is 9.13. The summed E-state index contributed by atoms with van der Waals surface area (Å²) in [7, 11) is 0. The van der Waals surface area contributed by atoms with Gasteiger partial charge >= 0.3 is 12.0 Å². The Morgan fingerprint density at radius 3 is 1.87 bits per heavy atom. The number of hydrogen-bond acceptors (Lipinski definition) is 7. The van der Waals surface area contributed by atoms with Crippen molar-refractivity contribution in [1.82, 2.24) is 0 Å². The summed E-state index contributed by atoms with van der Waals surface area (Å²) in [5.74, 6) is 0.476. The highest BCUT2D eigenvalue weighted by atomic mass is 32.1. The SMILES string of the molecule is [C-]#[N+]C(Cc1cc2sc(-c3sc(-c4ccc(N(c5ccc(C)cc5)c5ccc(C)cc5)cc4)c4c3OCCO4)cc2s1)C(=O)O. The van der Waals surface area contributed by atoms with Gasteiger partial charge in [0.15, 0.2) is 11.5 Å². The summed E-state index contributed by atoms with van der Waals surface area (Å²) in [6.45, 7) is 12.4. The third kappa shape index (κ3) is 5.69. The maximum atomic E-state index is 11.4. The first-order chi connectivity index (χ1) is 21.9. The number of benzene rings is 3. The Kier molecular flexibility index (Phi) is 7.80. The van der Waals surface area contributed by atoms with Gasteiger partial charge in [0.1, 0.15) is 13.2 Å². The zero-order valence-electron chi connectivity index (χ0n) is 24.6. The Labute approximate surface area is 273 Å². The van der Waals surface area contributed by atoms with Gasteiger partial charge in [-0.05, 0) is 67.9 Å². The summed E-state index contributed by atoms with van der Waals surface area (Å²) < 4.78 is 14.5. The first kappa shape index (κ1) is 29.1. The van der Waals surface area contributed by atoms with Crippen molar-refractivity contribution in [2.75, 3.05) is 18.1 Å². The van der Waals surface area contributed by atoms with Crippen molar-refractivity contribution >= 4 is 66.4 Å². The van der Waals surface area contributed by atoms with E-state index in [1.165, 1.54) is 11.1 Å². The minimum Gasteiger partial charge on any atom is -0.485 e. The Hall–Kier alpha value is -4.62. The normalized spacial score (nSPS) is 13.0. The number of carboxylic acids is 1. The van der Waals surface area contributed by atoms with E-state index >= 15 is 0 Å². The van der Waals surface area contributed by atoms with Crippen LogP contribution in [0.4, 0.5) is 17.1 Å². The number of rotatable bonds is 8. The summed E-state index contributed by atoms with van der Waals surface area (Å²) >= 11 is 4.87. The molecule has 0 saturated carbocycles. The van der Waals surface area contributed by atoms with Crippen LogP contribution in [-0.4, -0.2) is 30.3 Å². The van der Waals surface area contributed by atoms with Gasteiger partial charge in [0.25, 0.3) is 0 Å². The number of nitrogens with zero attached hydrogens (tertiary/aromatic N) is 2. The third-order valence-corrected chi connectivity index (χ3v) is 11.4. The molecule has 3 aromatic carbocycles. The quantitative estimate of drug-likeness (QED) is 0.166. The van der Waals surface area contributed by atoms with Crippen LogP contribution >= 0.6 is 34.0 Å². The van der Waals surface area contributed by atoms with E-state index in [0.717, 1.165) is 63.0 Å². The first-order valence-electron chi connectivity index (χ1n) is 14.5. The molecule has 1 aliphatic rings. The van der Waals surface area contributed by atoms with Crippen molar-refractivity contribution in [3.63, 3.8) is 0 Å². The Bertz CT molecular complexity index is 1970. The minimum absolute atomic E-state index is 0.219. The maximum Gasteiger partial charge on any atom is 0.388 e. The number of carbonyl (C=O) groups is 1. The summed E-state index contributed by atoms with van der Waals surface area (Å²) in [6.07, 6.45) is 0.219. The average molecular weight is 649 g/mol.